The van der Waals surface area contributed by atoms with E-state index >= 15 is 0 Å². The van der Waals surface area contributed by atoms with Gasteiger partial charge in [0.05, 0.1) is 39.3 Å². The van der Waals surface area contributed by atoms with Gasteiger partial charge in [0.15, 0.2) is 0 Å². The predicted octanol–water partition coefficient (Wildman–Crippen LogP) is 9.26. The van der Waals surface area contributed by atoms with Gasteiger partial charge in [-0.1, -0.05) is 0 Å². The molecule has 0 unspecified atom stereocenters. The van der Waals surface area contributed by atoms with E-state index in [2.05, 4.69) is 61.6 Å². The van der Waals surface area contributed by atoms with Gasteiger partial charge < -0.3 is 18.0 Å². The van der Waals surface area contributed by atoms with Crippen LogP contribution in [0, 0.1) is 0 Å². The second-order valence-corrected chi connectivity index (χ2v) is 11.6. The molecule has 8 heteroatoms. The van der Waals surface area contributed by atoms with Crippen molar-refractivity contribution in [3.63, 3.8) is 0 Å². The first kappa shape index (κ1) is 23.9. The lowest BCUT2D eigenvalue weighted by atomic mass is 10.0. The third-order valence-electron chi connectivity index (χ3n) is 9.19. The summed E-state index contributed by atoms with van der Waals surface area (Å²) in [5, 5.41) is 6.16. The van der Waals surface area contributed by atoms with Crippen LogP contribution in [0.2, 0.25) is 0 Å². The van der Waals surface area contributed by atoms with Gasteiger partial charge in [-0.25, -0.2) is 0 Å². The van der Waals surface area contributed by atoms with E-state index in [-0.39, 0.29) is 0 Å². The molecule has 8 aromatic heterocycles. The Hall–Kier alpha value is -6.54. The maximum absolute atomic E-state index is 6.45. The molecule has 0 N–H and O–H groups in total. The molecule has 8 nitrogen and oxygen atoms in total. The summed E-state index contributed by atoms with van der Waals surface area (Å²) in [5.74, 6) is 0. The average molecular weight is 593 g/mol. The topological polar surface area (TPSA) is 87.7 Å². The monoisotopic (exact) mass is 592 g/mol. The van der Waals surface area contributed by atoms with Crippen molar-refractivity contribution in [2.75, 3.05) is 0 Å². The minimum Gasteiger partial charge on any atom is -0.456 e. The van der Waals surface area contributed by atoms with Gasteiger partial charge in [-0.3, -0.25) is 19.9 Å². The van der Waals surface area contributed by atoms with Crippen molar-refractivity contribution in [1.29, 1.82) is 0 Å². The number of hydrogen-bond donors (Lipinski definition) is 0. The van der Waals surface area contributed by atoms with Gasteiger partial charge in [0.1, 0.15) is 22.3 Å². The lowest BCUT2D eigenvalue weighted by Crippen LogP contribution is -1.94. The Kier molecular flexibility index (Phi) is 4.43. The van der Waals surface area contributed by atoms with Gasteiger partial charge in [-0.05, 0) is 84.9 Å². The maximum atomic E-state index is 6.45. The van der Waals surface area contributed by atoms with Crippen LogP contribution in [0.5, 0.6) is 0 Å². The van der Waals surface area contributed by atoms with Gasteiger partial charge >= 0.3 is 0 Å². The molecule has 0 aliphatic carbocycles. The quantitative estimate of drug-likeness (QED) is 0.199. The van der Waals surface area contributed by atoms with Gasteiger partial charge in [0.2, 0.25) is 0 Å². The summed E-state index contributed by atoms with van der Waals surface area (Å²) < 4.78 is 17.4. The smallest absolute Gasteiger partial charge is 0.136 e. The number of nitrogens with zero attached hydrogens (tertiary/aromatic N) is 6. The third kappa shape index (κ3) is 3.02. The normalized spacial score (nSPS) is 12.3. The zero-order valence-corrected chi connectivity index (χ0v) is 24.0. The van der Waals surface area contributed by atoms with Crippen molar-refractivity contribution in [1.82, 2.24) is 29.1 Å². The van der Waals surface area contributed by atoms with Crippen molar-refractivity contribution in [2.24, 2.45) is 0 Å². The van der Waals surface area contributed by atoms with Crippen molar-refractivity contribution in [3.05, 3.63) is 122 Å². The fourth-order valence-corrected chi connectivity index (χ4v) is 7.30. The van der Waals surface area contributed by atoms with Crippen LogP contribution < -0.4 is 0 Å². The number of rotatable bonds is 2. The predicted molar refractivity (Wildman–Crippen MR) is 181 cm³/mol. The summed E-state index contributed by atoms with van der Waals surface area (Å²) in [6, 6.07) is 28.9. The highest BCUT2D eigenvalue weighted by atomic mass is 16.3. The standard InChI is InChI=1S/C38H20N6O2/c1-3-28-37(41-13-1)23-11-15-40-20-30(23)44(28)22-6-8-32-25(18-22)36-34(46-32)10-9-33-35(36)24-17-21(5-7-31(24)45-33)43-27-12-16-39-19-26(27)38-29(43)4-2-14-42-38/h1-20H. The molecule has 0 aliphatic rings. The van der Waals surface area contributed by atoms with E-state index in [9.17, 15) is 0 Å². The summed E-state index contributed by atoms with van der Waals surface area (Å²) >= 11 is 0. The Labute approximate surface area is 258 Å². The van der Waals surface area contributed by atoms with E-state index in [0.29, 0.717) is 0 Å². The highest BCUT2D eigenvalue weighted by Crippen LogP contribution is 2.42. The SMILES string of the molecule is c1cnc2c3cnccc3n(-c3ccc4oc5ccc6oc7ccc(-n8c9cnccc9c9ncccc98)cc7c6c5c4c3)c2c1. The van der Waals surface area contributed by atoms with Crippen molar-refractivity contribution in [2.45, 2.75) is 0 Å². The first-order valence-corrected chi connectivity index (χ1v) is 15.0. The van der Waals surface area contributed by atoms with Gasteiger partial charge in [-0.15, -0.1) is 0 Å². The molecule has 0 radical (unpaired) electrons. The van der Waals surface area contributed by atoms with E-state index in [1.165, 1.54) is 0 Å². The molecule has 0 aliphatic heterocycles. The molecule has 0 spiro atoms. The minimum atomic E-state index is 0.811. The first-order chi connectivity index (χ1) is 22.8. The number of hydrogen-bond acceptors (Lipinski definition) is 6. The molecule has 0 amide bonds. The van der Waals surface area contributed by atoms with Crippen LogP contribution in [0.15, 0.2) is 131 Å². The molecule has 0 saturated heterocycles. The molecule has 0 fully saturated rings. The van der Waals surface area contributed by atoms with E-state index in [0.717, 1.165) is 99.1 Å². The Balaban J connectivity index is 1.22. The fourth-order valence-electron chi connectivity index (χ4n) is 7.30. The molecule has 46 heavy (non-hydrogen) atoms. The van der Waals surface area contributed by atoms with Crippen LogP contribution in [0.25, 0.3) is 99.1 Å². The molecule has 8 heterocycles. The summed E-state index contributed by atoms with van der Waals surface area (Å²) in [7, 11) is 0. The van der Waals surface area contributed by atoms with Gasteiger partial charge in [0.25, 0.3) is 0 Å². The van der Waals surface area contributed by atoms with Gasteiger partial charge in [0, 0.05) is 74.7 Å². The summed E-state index contributed by atoms with van der Waals surface area (Å²) in [6.07, 6.45) is 11.1. The number of fused-ring (bicyclic) bond motifs is 13. The maximum Gasteiger partial charge on any atom is 0.136 e. The van der Waals surface area contributed by atoms with Crippen molar-refractivity contribution in [3.8, 4) is 11.4 Å². The molecule has 11 rings (SSSR count). The fraction of sp³-hybridized carbons (Fsp3) is 0. The number of furan rings is 2. The molecule has 0 bridgehead atoms. The van der Waals surface area contributed by atoms with E-state index < -0.39 is 0 Å². The molecular formula is C38H20N6O2. The lowest BCUT2D eigenvalue weighted by molar-refractivity contribution is 0.663. The summed E-state index contributed by atoms with van der Waals surface area (Å²) in [6.45, 7) is 0. The number of benzene rings is 3. The Morgan fingerprint density at radius 3 is 1.67 bits per heavy atom. The zero-order valence-electron chi connectivity index (χ0n) is 24.0. The minimum absolute atomic E-state index is 0.811. The Bertz CT molecular complexity index is 2740. The molecule has 214 valence electrons. The van der Waals surface area contributed by atoms with Gasteiger partial charge in [-0.2, -0.15) is 0 Å². The zero-order chi connectivity index (χ0) is 29.9. The Morgan fingerprint density at radius 1 is 0.435 bits per heavy atom. The van der Waals surface area contributed by atoms with E-state index in [4.69, 9.17) is 18.8 Å². The van der Waals surface area contributed by atoms with Crippen molar-refractivity contribution < 1.29 is 8.83 Å². The molecule has 3 aromatic carbocycles. The molecular weight excluding hydrogens is 572 g/mol. The first-order valence-electron chi connectivity index (χ1n) is 15.0. The van der Waals surface area contributed by atoms with Crippen LogP contribution in [0.1, 0.15) is 0 Å². The second kappa shape index (κ2) is 8.55. The highest BCUT2D eigenvalue weighted by Gasteiger charge is 2.20. The van der Waals surface area contributed by atoms with Crippen molar-refractivity contribution >= 4 is 87.7 Å². The largest absolute Gasteiger partial charge is 0.456 e. The van der Waals surface area contributed by atoms with Crippen LogP contribution in [-0.4, -0.2) is 29.1 Å². The van der Waals surface area contributed by atoms with Crippen LogP contribution >= 0.6 is 0 Å². The third-order valence-corrected chi connectivity index (χ3v) is 9.19. The molecule has 0 atom stereocenters. The summed E-state index contributed by atoms with van der Waals surface area (Å²) in [5.41, 5.74) is 11.3. The van der Waals surface area contributed by atoms with E-state index in [1.54, 1.807) is 0 Å². The van der Waals surface area contributed by atoms with Crippen LogP contribution in [-0.2, 0) is 0 Å². The lowest BCUT2D eigenvalue weighted by Gasteiger charge is -2.08. The number of aromatic nitrogens is 6. The van der Waals surface area contributed by atoms with Crippen LogP contribution in [0.3, 0.4) is 0 Å². The average Bonchev–Trinajstić information content (AvgIpc) is 3.85. The van der Waals surface area contributed by atoms with E-state index in [1.807, 2.05) is 79.6 Å². The highest BCUT2D eigenvalue weighted by molar-refractivity contribution is 6.26. The molecule has 0 saturated carbocycles. The molecule has 11 aromatic rings. The Morgan fingerprint density at radius 2 is 1.00 bits per heavy atom. The second-order valence-electron chi connectivity index (χ2n) is 11.6. The number of pyridine rings is 4. The summed E-state index contributed by atoms with van der Waals surface area (Å²) in [4.78, 5) is 18.2. The van der Waals surface area contributed by atoms with Crippen LogP contribution in [0.4, 0.5) is 0 Å².